The van der Waals surface area contributed by atoms with Crippen molar-refractivity contribution < 1.29 is 9.18 Å². The molecule has 0 aliphatic rings. The Morgan fingerprint density at radius 1 is 1.08 bits per heavy atom. The second kappa shape index (κ2) is 7.03. The van der Waals surface area contributed by atoms with E-state index in [1.54, 1.807) is 18.2 Å². The summed E-state index contributed by atoms with van der Waals surface area (Å²) in [5.41, 5.74) is 0.378. The molecule has 0 saturated carbocycles. The first kappa shape index (κ1) is 17.1. The van der Waals surface area contributed by atoms with Crippen LogP contribution in [-0.2, 0) is 0 Å². The van der Waals surface area contributed by atoms with Crippen molar-refractivity contribution >= 4 is 57.2 Å². The smallest absolute Gasteiger partial charge is 0.261 e. The molecule has 24 heavy (non-hydrogen) atoms. The second-order valence-electron chi connectivity index (χ2n) is 4.59. The van der Waals surface area contributed by atoms with Crippen LogP contribution in [0.4, 0.5) is 9.52 Å². The molecule has 0 fully saturated rings. The van der Waals surface area contributed by atoms with E-state index in [4.69, 9.17) is 34.8 Å². The Kier molecular flexibility index (Phi) is 5.01. The van der Waals surface area contributed by atoms with Crippen molar-refractivity contribution in [3.05, 3.63) is 62.8 Å². The summed E-state index contributed by atoms with van der Waals surface area (Å²) in [4.78, 5) is 12.2. The van der Waals surface area contributed by atoms with Crippen LogP contribution in [0.5, 0.6) is 0 Å². The van der Waals surface area contributed by atoms with E-state index in [1.807, 2.05) is 0 Å². The Hall–Kier alpha value is -1.73. The van der Waals surface area contributed by atoms with Gasteiger partial charge in [0, 0.05) is 10.6 Å². The van der Waals surface area contributed by atoms with Gasteiger partial charge in [0.15, 0.2) is 5.01 Å². The molecule has 0 bridgehead atoms. The maximum absolute atomic E-state index is 13.8. The van der Waals surface area contributed by atoms with Gasteiger partial charge in [-0.1, -0.05) is 52.2 Å². The molecule has 0 saturated heterocycles. The highest BCUT2D eigenvalue weighted by Gasteiger charge is 2.18. The van der Waals surface area contributed by atoms with Crippen molar-refractivity contribution in [1.29, 1.82) is 0 Å². The number of anilines is 1. The van der Waals surface area contributed by atoms with Gasteiger partial charge in [0.05, 0.1) is 15.6 Å². The first-order chi connectivity index (χ1) is 11.5. The lowest BCUT2D eigenvalue weighted by Gasteiger charge is -2.04. The van der Waals surface area contributed by atoms with Crippen LogP contribution >= 0.6 is 46.1 Å². The van der Waals surface area contributed by atoms with Crippen LogP contribution in [0.15, 0.2) is 36.4 Å². The van der Waals surface area contributed by atoms with E-state index in [1.165, 1.54) is 12.1 Å². The maximum atomic E-state index is 13.8. The quantitative estimate of drug-likeness (QED) is 0.624. The molecule has 9 heteroatoms. The minimum absolute atomic E-state index is 0.0120. The SMILES string of the molecule is O=C(Nc1nnc(-c2ccc(Cl)cc2Cl)s1)c1c(F)cccc1Cl. The van der Waals surface area contributed by atoms with E-state index in [0.29, 0.717) is 20.6 Å². The fourth-order valence-corrected chi connectivity index (χ4v) is 3.50. The third kappa shape index (κ3) is 3.52. The number of nitrogens with one attached hydrogen (secondary N) is 1. The van der Waals surface area contributed by atoms with Crippen molar-refractivity contribution in [1.82, 2.24) is 10.2 Å². The number of carbonyl (C=O) groups excluding carboxylic acids is 1. The molecule has 0 aliphatic carbocycles. The number of aromatic nitrogens is 2. The molecule has 4 nitrogen and oxygen atoms in total. The van der Waals surface area contributed by atoms with Crippen molar-refractivity contribution in [3.8, 4) is 10.6 Å². The molecule has 1 aromatic heterocycles. The standard InChI is InChI=1S/C15H7Cl3FN3OS/c16-7-4-5-8(10(18)6-7)14-21-22-15(24-14)20-13(23)12-9(17)2-1-3-11(12)19/h1-6H,(H,20,22,23). The van der Waals surface area contributed by atoms with E-state index in [9.17, 15) is 9.18 Å². The Bertz CT molecular complexity index is 912. The second-order valence-corrected chi connectivity index (χ2v) is 6.82. The lowest BCUT2D eigenvalue weighted by Crippen LogP contribution is -2.14. The summed E-state index contributed by atoms with van der Waals surface area (Å²) >= 11 is 18.9. The van der Waals surface area contributed by atoms with Crippen LogP contribution in [0.3, 0.4) is 0 Å². The number of hydrogen-bond donors (Lipinski definition) is 1. The molecule has 1 amide bonds. The van der Waals surface area contributed by atoms with Gasteiger partial charge in [-0.05, 0) is 30.3 Å². The first-order valence-corrected chi connectivity index (χ1v) is 8.45. The third-order valence-corrected chi connectivity index (χ3v) is 4.73. The predicted octanol–water partition coefficient (Wildman–Crippen LogP) is 5.56. The average molecular weight is 403 g/mol. The Morgan fingerprint density at radius 3 is 2.58 bits per heavy atom. The number of carbonyl (C=O) groups is 1. The largest absolute Gasteiger partial charge is 0.296 e. The van der Waals surface area contributed by atoms with Gasteiger partial charge in [0.1, 0.15) is 5.82 Å². The van der Waals surface area contributed by atoms with Crippen LogP contribution in [0.25, 0.3) is 10.6 Å². The highest BCUT2D eigenvalue weighted by molar-refractivity contribution is 7.18. The van der Waals surface area contributed by atoms with Gasteiger partial charge in [-0.15, -0.1) is 10.2 Å². The lowest BCUT2D eigenvalue weighted by molar-refractivity contribution is 0.102. The minimum atomic E-state index is -0.717. The van der Waals surface area contributed by atoms with Gasteiger partial charge >= 0.3 is 0 Å². The van der Waals surface area contributed by atoms with Gasteiger partial charge in [0.2, 0.25) is 5.13 Å². The van der Waals surface area contributed by atoms with Crippen molar-refractivity contribution in [2.24, 2.45) is 0 Å². The summed E-state index contributed by atoms with van der Waals surface area (Å²) in [6, 6.07) is 8.95. The third-order valence-electron chi connectivity index (χ3n) is 3.00. The van der Waals surface area contributed by atoms with E-state index < -0.39 is 11.7 Å². The molecule has 3 aromatic rings. The number of hydrogen-bond acceptors (Lipinski definition) is 4. The minimum Gasteiger partial charge on any atom is -0.296 e. The molecule has 1 N–H and O–H groups in total. The summed E-state index contributed by atoms with van der Waals surface area (Å²) in [6.45, 7) is 0. The number of halogens is 4. The van der Waals surface area contributed by atoms with E-state index in [0.717, 1.165) is 17.4 Å². The summed E-state index contributed by atoms with van der Waals surface area (Å²) in [6.07, 6.45) is 0. The van der Waals surface area contributed by atoms with E-state index >= 15 is 0 Å². The average Bonchev–Trinajstić information content (AvgIpc) is 2.95. The van der Waals surface area contributed by atoms with Crippen LogP contribution < -0.4 is 5.32 Å². The van der Waals surface area contributed by atoms with Crippen molar-refractivity contribution in [3.63, 3.8) is 0 Å². The molecule has 1 heterocycles. The zero-order chi connectivity index (χ0) is 17.3. The summed E-state index contributed by atoms with van der Waals surface area (Å²) in [5, 5.41) is 11.9. The van der Waals surface area contributed by atoms with Gasteiger partial charge < -0.3 is 0 Å². The number of rotatable bonds is 3. The van der Waals surface area contributed by atoms with Gasteiger partial charge in [0.25, 0.3) is 5.91 Å². The Labute approximate surface area is 155 Å². The van der Waals surface area contributed by atoms with E-state index in [-0.39, 0.29) is 15.7 Å². The molecule has 122 valence electrons. The molecule has 3 rings (SSSR count). The van der Waals surface area contributed by atoms with E-state index in [2.05, 4.69) is 15.5 Å². The van der Waals surface area contributed by atoms with Crippen molar-refractivity contribution in [2.45, 2.75) is 0 Å². The van der Waals surface area contributed by atoms with Crippen LogP contribution in [0, 0.1) is 5.82 Å². The molecular weight excluding hydrogens is 396 g/mol. The molecule has 0 radical (unpaired) electrons. The zero-order valence-corrected chi connectivity index (χ0v) is 14.8. The van der Waals surface area contributed by atoms with Crippen LogP contribution in [0.2, 0.25) is 15.1 Å². The summed E-state index contributed by atoms with van der Waals surface area (Å²) in [7, 11) is 0. The topological polar surface area (TPSA) is 54.9 Å². The molecule has 0 atom stereocenters. The highest BCUT2D eigenvalue weighted by Crippen LogP contribution is 2.33. The Balaban J connectivity index is 1.85. The lowest BCUT2D eigenvalue weighted by atomic mass is 10.2. The molecule has 0 spiro atoms. The Morgan fingerprint density at radius 2 is 1.88 bits per heavy atom. The number of benzene rings is 2. The highest BCUT2D eigenvalue weighted by atomic mass is 35.5. The van der Waals surface area contributed by atoms with Crippen molar-refractivity contribution in [2.75, 3.05) is 5.32 Å². The van der Waals surface area contributed by atoms with Gasteiger partial charge in [-0.2, -0.15) is 0 Å². The van der Waals surface area contributed by atoms with Gasteiger partial charge in [-0.3, -0.25) is 10.1 Å². The fourth-order valence-electron chi connectivity index (χ4n) is 1.92. The van der Waals surface area contributed by atoms with Crippen LogP contribution in [0.1, 0.15) is 10.4 Å². The van der Waals surface area contributed by atoms with Crippen LogP contribution in [-0.4, -0.2) is 16.1 Å². The summed E-state index contributed by atoms with van der Waals surface area (Å²) < 4.78 is 13.8. The molecule has 0 unspecified atom stereocenters. The zero-order valence-electron chi connectivity index (χ0n) is 11.7. The predicted molar refractivity (Wildman–Crippen MR) is 94.7 cm³/mol. The molecule has 2 aromatic carbocycles. The normalized spacial score (nSPS) is 10.7. The molecule has 0 aliphatic heterocycles. The fraction of sp³-hybridized carbons (Fsp3) is 0. The number of nitrogens with zero attached hydrogens (tertiary/aromatic N) is 2. The number of amides is 1. The maximum Gasteiger partial charge on any atom is 0.261 e. The van der Waals surface area contributed by atoms with Gasteiger partial charge in [-0.25, -0.2) is 4.39 Å². The summed E-state index contributed by atoms with van der Waals surface area (Å²) in [5.74, 6) is -1.42. The molecular formula is C15H7Cl3FN3OS. The first-order valence-electron chi connectivity index (χ1n) is 6.50. The monoisotopic (exact) mass is 401 g/mol.